The number of benzene rings is 1. The van der Waals surface area contributed by atoms with E-state index < -0.39 is 0 Å². The molecule has 1 aromatic carbocycles. The predicted molar refractivity (Wildman–Crippen MR) is 66.7 cm³/mol. The number of hydrogen-bond acceptors (Lipinski definition) is 4. The molecule has 0 saturated carbocycles. The molecule has 0 atom stereocenters. The lowest BCUT2D eigenvalue weighted by Gasteiger charge is -2.14. The summed E-state index contributed by atoms with van der Waals surface area (Å²) in [4.78, 5) is 14.0. The summed E-state index contributed by atoms with van der Waals surface area (Å²) in [6.45, 7) is 0.454. The van der Waals surface area contributed by atoms with Gasteiger partial charge >= 0.3 is 0 Å². The second-order valence-electron chi connectivity index (χ2n) is 3.51. The highest BCUT2D eigenvalue weighted by Crippen LogP contribution is 2.22. The first-order valence-corrected chi connectivity index (χ1v) is 6.15. The molecule has 0 aliphatic carbocycles. The van der Waals surface area contributed by atoms with Crippen LogP contribution in [0.3, 0.4) is 0 Å². The van der Waals surface area contributed by atoms with E-state index in [0.29, 0.717) is 18.7 Å². The van der Waals surface area contributed by atoms with Crippen LogP contribution in [0.25, 0.3) is 0 Å². The number of aromatic hydroxyl groups is 1. The van der Waals surface area contributed by atoms with Gasteiger partial charge in [-0.15, -0.1) is 11.8 Å². The lowest BCUT2D eigenvalue weighted by Crippen LogP contribution is -2.29. The molecule has 0 radical (unpaired) electrons. The fraction of sp³-hybridized carbons (Fsp3) is 0.333. The Morgan fingerprint density at radius 3 is 3.00 bits per heavy atom. The lowest BCUT2D eigenvalue weighted by atomic mass is 10.3. The molecule has 5 heteroatoms. The van der Waals surface area contributed by atoms with Gasteiger partial charge in [0.15, 0.2) is 0 Å². The second kappa shape index (κ2) is 6.81. The van der Waals surface area contributed by atoms with Crippen LogP contribution in [0.15, 0.2) is 29.2 Å². The fourth-order valence-electron chi connectivity index (χ4n) is 1.17. The molecular weight excluding hydrogens is 236 g/mol. The minimum Gasteiger partial charge on any atom is -0.508 e. The molecule has 1 rings (SSSR count). The van der Waals surface area contributed by atoms with Gasteiger partial charge in [-0.2, -0.15) is 5.26 Å². The van der Waals surface area contributed by atoms with E-state index in [0.717, 1.165) is 4.90 Å². The summed E-state index contributed by atoms with van der Waals surface area (Å²) < 4.78 is 0. The van der Waals surface area contributed by atoms with Crippen molar-refractivity contribution in [3.8, 4) is 11.8 Å². The smallest absolute Gasteiger partial charge is 0.232 e. The van der Waals surface area contributed by atoms with Gasteiger partial charge in [-0.25, -0.2) is 0 Å². The number of nitriles is 1. The third-order valence-corrected chi connectivity index (χ3v) is 3.14. The minimum absolute atomic E-state index is 0.0198. The highest BCUT2D eigenvalue weighted by molar-refractivity contribution is 8.00. The fourth-order valence-corrected chi connectivity index (χ4v) is 2.06. The normalized spacial score (nSPS) is 9.65. The Labute approximate surface area is 105 Å². The number of amides is 1. The van der Waals surface area contributed by atoms with E-state index in [1.165, 1.54) is 11.8 Å². The van der Waals surface area contributed by atoms with Crippen LogP contribution in [0.4, 0.5) is 0 Å². The van der Waals surface area contributed by atoms with Crippen LogP contribution in [0.5, 0.6) is 5.75 Å². The van der Waals surface area contributed by atoms with E-state index in [9.17, 15) is 9.90 Å². The molecule has 0 aromatic heterocycles. The molecule has 0 spiro atoms. The van der Waals surface area contributed by atoms with Gasteiger partial charge in [-0.1, -0.05) is 6.07 Å². The molecule has 0 unspecified atom stereocenters. The summed E-state index contributed by atoms with van der Waals surface area (Å²) in [6.07, 6.45) is 0.346. The Hall–Kier alpha value is -1.67. The quantitative estimate of drug-likeness (QED) is 0.810. The Kier molecular flexibility index (Phi) is 5.37. The first kappa shape index (κ1) is 13.4. The monoisotopic (exact) mass is 250 g/mol. The predicted octanol–water partition coefficient (Wildman–Crippen LogP) is 1.86. The van der Waals surface area contributed by atoms with Crippen molar-refractivity contribution in [3.05, 3.63) is 24.3 Å². The molecule has 1 N–H and O–H groups in total. The molecule has 4 nitrogen and oxygen atoms in total. The van der Waals surface area contributed by atoms with Gasteiger partial charge < -0.3 is 10.0 Å². The molecule has 0 fully saturated rings. The number of nitrogens with zero attached hydrogens (tertiary/aromatic N) is 2. The van der Waals surface area contributed by atoms with Crippen LogP contribution in [0, 0.1) is 11.3 Å². The van der Waals surface area contributed by atoms with Crippen molar-refractivity contribution in [2.24, 2.45) is 0 Å². The van der Waals surface area contributed by atoms with Crippen LogP contribution >= 0.6 is 11.8 Å². The number of hydrogen-bond donors (Lipinski definition) is 1. The molecule has 0 aliphatic rings. The summed E-state index contributed by atoms with van der Waals surface area (Å²) in [5.74, 6) is 0.486. The highest BCUT2D eigenvalue weighted by atomic mass is 32.2. The van der Waals surface area contributed by atoms with Crippen molar-refractivity contribution in [3.63, 3.8) is 0 Å². The van der Waals surface area contributed by atoms with E-state index in [1.54, 1.807) is 30.1 Å². The zero-order chi connectivity index (χ0) is 12.7. The molecule has 0 bridgehead atoms. The maximum Gasteiger partial charge on any atom is 0.232 e. The average Bonchev–Trinajstić information content (AvgIpc) is 2.33. The number of phenolic OH excluding ortho intramolecular Hbond substituents is 1. The zero-order valence-electron chi connectivity index (χ0n) is 9.59. The van der Waals surface area contributed by atoms with Crippen molar-refractivity contribution >= 4 is 17.7 Å². The highest BCUT2D eigenvalue weighted by Gasteiger charge is 2.08. The Morgan fingerprint density at radius 1 is 1.59 bits per heavy atom. The third-order valence-electron chi connectivity index (χ3n) is 2.16. The number of thioether (sulfide) groups is 1. The Balaban J connectivity index is 2.40. The third kappa shape index (κ3) is 4.79. The van der Waals surface area contributed by atoms with Gasteiger partial charge in [0, 0.05) is 18.5 Å². The molecule has 1 aromatic rings. The summed E-state index contributed by atoms with van der Waals surface area (Å²) in [6, 6.07) is 8.79. The zero-order valence-corrected chi connectivity index (χ0v) is 10.4. The van der Waals surface area contributed by atoms with E-state index in [-0.39, 0.29) is 11.7 Å². The van der Waals surface area contributed by atoms with Crippen molar-refractivity contribution in [1.29, 1.82) is 5.26 Å². The van der Waals surface area contributed by atoms with E-state index >= 15 is 0 Å². The van der Waals surface area contributed by atoms with E-state index in [2.05, 4.69) is 0 Å². The molecule has 0 heterocycles. The van der Waals surface area contributed by atoms with Gasteiger partial charge in [-0.05, 0) is 18.2 Å². The molecule has 17 heavy (non-hydrogen) atoms. The van der Waals surface area contributed by atoms with Crippen LogP contribution in [-0.4, -0.2) is 35.3 Å². The summed E-state index contributed by atoms with van der Waals surface area (Å²) in [7, 11) is 1.68. The number of phenols is 1. The second-order valence-corrected chi connectivity index (χ2v) is 4.56. The standard InChI is InChI=1S/C12H14N2O2S/c1-14(7-3-6-13)12(16)9-17-11-5-2-4-10(15)8-11/h2,4-5,8,15H,3,7,9H2,1H3. The van der Waals surface area contributed by atoms with Gasteiger partial charge in [-0.3, -0.25) is 4.79 Å². The first-order valence-electron chi connectivity index (χ1n) is 5.16. The largest absolute Gasteiger partial charge is 0.508 e. The topological polar surface area (TPSA) is 64.3 Å². The maximum absolute atomic E-state index is 11.6. The van der Waals surface area contributed by atoms with Gasteiger partial charge in [0.05, 0.1) is 18.2 Å². The average molecular weight is 250 g/mol. The van der Waals surface area contributed by atoms with Crippen molar-refractivity contribution in [2.45, 2.75) is 11.3 Å². The maximum atomic E-state index is 11.6. The molecule has 0 saturated heterocycles. The summed E-state index contributed by atoms with van der Waals surface area (Å²) in [5.41, 5.74) is 0. The number of rotatable bonds is 5. The molecule has 1 amide bonds. The van der Waals surface area contributed by atoms with Crippen molar-refractivity contribution < 1.29 is 9.90 Å². The van der Waals surface area contributed by atoms with Crippen molar-refractivity contribution in [2.75, 3.05) is 19.3 Å². The molecule has 0 aliphatic heterocycles. The van der Waals surface area contributed by atoms with Gasteiger partial charge in [0.1, 0.15) is 5.75 Å². The molecular formula is C12H14N2O2S. The molecule has 90 valence electrons. The first-order chi connectivity index (χ1) is 8.13. The Morgan fingerprint density at radius 2 is 2.35 bits per heavy atom. The van der Waals surface area contributed by atoms with Crippen molar-refractivity contribution in [1.82, 2.24) is 4.90 Å². The lowest BCUT2D eigenvalue weighted by molar-refractivity contribution is -0.127. The number of carbonyl (C=O) groups is 1. The number of carbonyl (C=O) groups excluding carboxylic acids is 1. The van der Waals surface area contributed by atoms with Gasteiger partial charge in [0.25, 0.3) is 0 Å². The summed E-state index contributed by atoms with van der Waals surface area (Å²) >= 11 is 1.37. The van der Waals surface area contributed by atoms with Crippen LogP contribution in [0.2, 0.25) is 0 Å². The van der Waals surface area contributed by atoms with Gasteiger partial charge in [0.2, 0.25) is 5.91 Å². The van der Waals surface area contributed by atoms with E-state index in [4.69, 9.17) is 5.26 Å². The van der Waals surface area contributed by atoms with Crippen LogP contribution in [-0.2, 0) is 4.79 Å². The Bertz CT molecular complexity index is 429. The minimum atomic E-state index is -0.0198. The SMILES string of the molecule is CN(CCC#N)C(=O)CSc1cccc(O)c1. The van der Waals surface area contributed by atoms with Crippen LogP contribution < -0.4 is 0 Å². The van der Waals surface area contributed by atoms with Crippen LogP contribution in [0.1, 0.15) is 6.42 Å². The summed E-state index contributed by atoms with van der Waals surface area (Å²) in [5, 5.41) is 17.7. The van der Waals surface area contributed by atoms with E-state index in [1.807, 2.05) is 12.1 Å².